The van der Waals surface area contributed by atoms with Crippen LogP contribution >= 0.6 is 11.3 Å². The van der Waals surface area contributed by atoms with Gasteiger partial charge in [-0.1, -0.05) is 6.07 Å². The van der Waals surface area contributed by atoms with Gasteiger partial charge in [0.05, 0.1) is 0 Å². The smallest absolute Gasteiger partial charge is 0.321 e. The molecule has 0 spiro atoms. The molecule has 2 atom stereocenters. The molecule has 0 radical (unpaired) electrons. The van der Waals surface area contributed by atoms with Gasteiger partial charge in [0, 0.05) is 17.5 Å². The van der Waals surface area contributed by atoms with E-state index in [0.29, 0.717) is 6.54 Å². The maximum Gasteiger partial charge on any atom is 0.321 e. The van der Waals surface area contributed by atoms with Gasteiger partial charge in [0.2, 0.25) is 0 Å². The first-order valence-corrected chi connectivity index (χ1v) is 5.62. The third-order valence-electron chi connectivity index (χ3n) is 2.42. The topological polar surface area (TPSA) is 66.6 Å². The number of aliphatic carboxylic acids is 1. The third kappa shape index (κ3) is 3.30. The summed E-state index contributed by atoms with van der Waals surface area (Å²) < 4.78 is 0. The Labute approximate surface area is 93.3 Å². The number of nitrogens with zero attached hydrogens (tertiary/aromatic N) is 1. The molecule has 0 aromatic carbocycles. The van der Waals surface area contributed by atoms with E-state index in [4.69, 9.17) is 10.8 Å². The van der Waals surface area contributed by atoms with E-state index < -0.39 is 12.0 Å². The molecule has 15 heavy (non-hydrogen) atoms. The van der Waals surface area contributed by atoms with Crippen molar-refractivity contribution in [1.29, 1.82) is 0 Å². The molecule has 1 rings (SSSR count). The quantitative estimate of drug-likeness (QED) is 0.793. The lowest BCUT2D eigenvalue weighted by atomic mass is 10.2. The van der Waals surface area contributed by atoms with Gasteiger partial charge in [-0.15, -0.1) is 11.3 Å². The van der Waals surface area contributed by atoms with Crippen molar-refractivity contribution in [2.24, 2.45) is 5.73 Å². The van der Waals surface area contributed by atoms with Crippen LogP contribution in [0.5, 0.6) is 0 Å². The summed E-state index contributed by atoms with van der Waals surface area (Å²) in [6.45, 7) is 2.40. The minimum atomic E-state index is -0.958. The largest absolute Gasteiger partial charge is 0.480 e. The van der Waals surface area contributed by atoms with Crippen LogP contribution in [0, 0.1) is 0 Å². The number of hydrogen-bond acceptors (Lipinski definition) is 4. The van der Waals surface area contributed by atoms with Crippen molar-refractivity contribution in [3.05, 3.63) is 22.4 Å². The first kappa shape index (κ1) is 12.2. The molecule has 0 fully saturated rings. The van der Waals surface area contributed by atoms with Crippen molar-refractivity contribution in [1.82, 2.24) is 4.90 Å². The number of hydrogen-bond donors (Lipinski definition) is 2. The Morgan fingerprint density at radius 1 is 1.73 bits per heavy atom. The number of likely N-dealkylation sites (N-methyl/N-ethyl adjacent to an activating group) is 1. The second-order valence-corrected chi connectivity index (χ2v) is 4.55. The molecule has 2 unspecified atom stereocenters. The van der Waals surface area contributed by atoms with Crippen LogP contribution in [0.25, 0.3) is 0 Å². The Morgan fingerprint density at radius 2 is 2.40 bits per heavy atom. The van der Waals surface area contributed by atoms with Crippen LogP contribution in [0.4, 0.5) is 0 Å². The Kier molecular flexibility index (Phi) is 4.26. The maximum atomic E-state index is 10.6. The first-order valence-electron chi connectivity index (χ1n) is 4.74. The van der Waals surface area contributed by atoms with Crippen molar-refractivity contribution in [2.45, 2.75) is 19.0 Å². The molecule has 0 aliphatic heterocycles. The van der Waals surface area contributed by atoms with Crippen molar-refractivity contribution >= 4 is 17.3 Å². The predicted octanol–water partition coefficient (Wildman–Crippen LogP) is 1.15. The van der Waals surface area contributed by atoms with E-state index in [1.165, 1.54) is 4.88 Å². The third-order valence-corrected chi connectivity index (χ3v) is 3.46. The minimum Gasteiger partial charge on any atom is -0.480 e. The molecule has 0 saturated carbocycles. The van der Waals surface area contributed by atoms with Crippen LogP contribution in [-0.2, 0) is 4.79 Å². The van der Waals surface area contributed by atoms with E-state index in [2.05, 4.69) is 0 Å². The fraction of sp³-hybridized carbons (Fsp3) is 0.500. The Morgan fingerprint density at radius 3 is 2.87 bits per heavy atom. The standard InChI is InChI=1S/C10H16N2O2S/c1-7(9-4-3-5-15-9)12(2)6-8(11)10(13)14/h3-5,7-8H,6,11H2,1-2H3,(H,13,14). The van der Waals surface area contributed by atoms with Gasteiger partial charge in [0.1, 0.15) is 6.04 Å². The van der Waals surface area contributed by atoms with Gasteiger partial charge in [-0.3, -0.25) is 9.69 Å². The molecule has 3 N–H and O–H groups in total. The lowest BCUT2D eigenvalue weighted by Gasteiger charge is -2.25. The zero-order valence-electron chi connectivity index (χ0n) is 8.88. The summed E-state index contributed by atoms with van der Waals surface area (Å²) >= 11 is 1.66. The predicted molar refractivity (Wildman–Crippen MR) is 61.0 cm³/mol. The summed E-state index contributed by atoms with van der Waals surface area (Å²) in [7, 11) is 1.88. The van der Waals surface area contributed by atoms with E-state index >= 15 is 0 Å². The zero-order chi connectivity index (χ0) is 11.4. The summed E-state index contributed by atoms with van der Waals surface area (Å²) in [5, 5.41) is 10.7. The lowest BCUT2D eigenvalue weighted by Crippen LogP contribution is -2.41. The molecular formula is C10H16N2O2S. The van der Waals surface area contributed by atoms with Gasteiger partial charge < -0.3 is 10.8 Å². The van der Waals surface area contributed by atoms with Crippen LogP contribution in [0.15, 0.2) is 17.5 Å². The van der Waals surface area contributed by atoms with Crippen molar-refractivity contribution in [2.75, 3.05) is 13.6 Å². The Hall–Kier alpha value is -0.910. The van der Waals surface area contributed by atoms with Crippen LogP contribution in [-0.4, -0.2) is 35.6 Å². The molecule has 0 aliphatic rings. The van der Waals surface area contributed by atoms with Crippen LogP contribution in [0.3, 0.4) is 0 Å². The minimum absolute atomic E-state index is 0.204. The second-order valence-electron chi connectivity index (χ2n) is 3.58. The fourth-order valence-electron chi connectivity index (χ4n) is 1.29. The molecule has 4 nitrogen and oxygen atoms in total. The van der Waals surface area contributed by atoms with Crippen molar-refractivity contribution < 1.29 is 9.90 Å². The molecule has 1 heterocycles. The summed E-state index contributed by atoms with van der Waals surface area (Å²) in [6, 6.07) is 3.41. The highest BCUT2D eigenvalue weighted by molar-refractivity contribution is 7.10. The van der Waals surface area contributed by atoms with E-state index in [9.17, 15) is 4.79 Å². The number of carboxylic acid groups (broad SMARTS) is 1. The van der Waals surface area contributed by atoms with E-state index in [0.717, 1.165) is 0 Å². The summed E-state index contributed by atoms with van der Waals surface area (Å²) in [4.78, 5) is 13.8. The number of rotatable bonds is 5. The molecule has 0 bridgehead atoms. The number of carbonyl (C=O) groups is 1. The number of thiophene rings is 1. The molecule has 1 aromatic heterocycles. The molecular weight excluding hydrogens is 212 g/mol. The molecule has 0 aliphatic carbocycles. The first-order chi connectivity index (χ1) is 7.02. The zero-order valence-corrected chi connectivity index (χ0v) is 9.70. The summed E-state index contributed by atoms with van der Waals surface area (Å²) in [6.07, 6.45) is 0. The average Bonchev–Trinajstić information content (AvgIpc) is 2.68. The monoisotopic (exact) mass is 228 g/mol. The van der Waals surface area contributed by atoms with Gasteiger partial charge in [-0.25, -0.2) is 0 Å². The highest BCUT2D eigenvalue weighted by Gasteiger charge is 2.18. The summed E-state index contributed by atoms with van der Waals surface area (Å²) in [5.41, 5.74) is 5.47. The van der Waals surface area contributed by atoms with Gasteiger partial charge in [-0.05, 0) is 25.4 Å². The van der Waals surface area contributed by atoms with E-state index in [1.54, 1.807) is 11.3 Å². The lowest BCUT2D eigenvalue weighted by molar-refractivity contribution is -0.139. The molecule has 0 saturated heterocycles. The summed E-state index contributed by atoms with van der Waals surface area (Å²) in [5.74, 6) is -0.958. The molecule has 84 valence electrons. The maximum absolute atomic E-state index is 10.6. The second kappa shape index (κ2) is 5.25. The van der Waals surface area contributed by atoms with Gasteiger partial charge >= 0.3 is 5.97 Å². The van der Waals surface area contributed by atoms with Crippen molar-refractivity contribution in [3.8, 4) is 0 Å². The van der Waals surface area contributed by atoms with Gasteiger partial charge in [0.25, 0.3) is 0 Å². The SMILES string of the molecule is CC(c1cccs1)N(C)CC(N)C(=O)O. The van der Waals surface area contributed by atoms with Crippen molar-refractivity contribution in [3.63, 3.8) is 0 Å². The van der Waals surface area contributed by atoms with E-state index in [1.807, 2.05) is 36.4 Å². The van der Waals surface area contributed by atoms with E-state index in [-0.39, 0.29) is 6.04 Å². The molecule has 5 heteroatoms. The highest BCUT2D eigenvalue weighted by Crippen LogP contribution is 2.23. The fourth-order valence-corrected chi connectivity index (χ4v) is 2.14. The molecule has 0 amide bonds. The normalized spacial score (nSPS) is 15.2. The Balaban J connectivity index is 2.54. The van der Waals surface area contributed by atoms with Crippen LogP contribution in [0.1, 0.15) is 17.8 Å². The number of carboxylic acids is 1. The average molecular weight is 228 g/mol. The van der Waals surface area contributed by atoms with Crippen LogP contribution < -0.4 is 5.73 Å². The number of nitrogens with two attached hydrogens (primary N) is 1. The van der Waals surface area contributed by atoms with Crippen LogP contribution in [0.2, 0.25) is 0 Å². The Bertz CT molecular complexity index is 313. The van der Waals surface area contributed by atoms with Gasteiger partial charge in [0.15, 0.2) is 0 Å². The molecule has 1 aromatic rings. The van der Waals surface area contributed by atoms with Gasteiger partial charge in [-0.2, -0.15) is 0 Å². The highest BCUT2D eigenvalue weighted by atomic mass is 32.1.